The molecule has 188 valence electrons. The van der Waals surface area contributed by atoms with Gasteiger partial charge in [-0.1, -0.05) is 18.2 Å². The van der Waals surface area contributed by atoms with Crippen molar-refractivity contribution < 1.29 is 9.90 Å². The monoisotopic (exact) mass is 495 g/mol. The summed E-state index contributed by atoms with van der Waals surface area (Å²) in [5.41, 5.74) is 5.27. The maximum Gasteiger partial charge on any atom is 0.273 e. The molecule has 9 nitrogen and oxygen atoms in total. The number of aliphatic imine (C=N–C) groups is 1. The molecule has 0 bridgehead atoms. The van der Waals surface area contributed by atoms with Gasteiger partial charge in [-0.3, -0.25) is 14.6 Å². The van der Waals surface area contributed by atoms with E-state index in [-0.39, 0.29) is 17.3 Å². The Morgan fingerprint density at radius 1 is 1.14 bits per heavy atom. The first-order chi connectivity index (χ1) is 17.7. The summed E-state index contributed by atoms with van der Waals surface area (Å²) < 4.78 is 1.76. The molecule has 0 atom stereocenters. The molecule has 0 saturated heterocycles. The molecular weight excluding hydrogens is 466 g/mol. The molecule has 0 aliphatic heterocycles. The van der Waals surface area contributed by atoms with Crippen molar-refractivity contribution in [2.75, 3.05) is 5.32 Å². The first-order valence-electron chi connectivity index (χ1n) is 12.0. The third kappa shape index (κ3) is 5.16. The molecule has 5 aromatic rings. The number of amides is 1. The van der Waals surface area contributed by atoms with Gasteiger partial charge in [0.2, 0.25) is 0 Å². The van der Waals surface area contributed by atoms with E-state index in [0.717, 1.165) is 33.4 Å². The van der Waals surface area contributed by atoms with Gasteiger partial charge in [-0.25, -0.2) is 4.99 Å². The van der Waals surface area contributed by atoms with Crippen LogP contribution in [0.3, 0.4) is 0 Å². The molecule has 37 heavy (non-hydrogen) atoms. The quantitative estimate of drug-likeness (QED) is 0.234. The van der Waals surface area contributed by atoms with Gasteiger partial charge in [-0.15, -0.1) is 0 Å². The molecule has 4 N–H and O–H groups in total. The van der Waals surface area contributed by atoms with Gasteiger partial charge in [-0.2, -0.15) is 10.2 Å². The summed E-state index contributed by atoms with van der Waals surface area (Å²) in [7, 11) is 0. The van der Waals surface area contributed by atoms with Crippen molar-refractivity contribution in [1.82, 2.24) is 25.0 Å². The average molecular weight is 496 g/mol. The zero-order chi connectivity index (χ0) is 26.2. The number of anilines is 1. The van der Waals surface area contributed by atoms with Crippen LogP contribution in [0.4, 0.5) is 11.5 Å². The highest BCUT2D eigenvalue weighted by Gasteiger charge is 2.23. The zero-order valence-electron chi connectivity index (χ0n) is 21.2. The number of nitrogens with one attached hydrogen (secondary N) is 3. The SMILES string of the molecule is Cc1cc(C(=O)Nc2cccc(Cc3ccc4[nH]c(O)c(C=Nc5ccn[nH]5)c4c3)c2)n(C(C)(C)C)n1. The number of hydrogen-bond donors (Lipinski definition) is 4. The molecule has 1 amide bonds. The summed E-state index contributed by atoms with van der Waals surface area (Å²) in [5.74, 6) is 0.465. The molecule has 0 aliphatic carbocycles. The number of H-pyrrole nitrogens is 2. The number of aromatic amines is 2. The van der Waals surface area contributed by atoms with Crippen molar-refractivity contribution in [3.8, 4) is 5.88 Å². The van der Waals surface area contributed by atoms with Gasteiger partial charge in [0.15, 0.2) is 5.88 Å². The molecule has 3 heterocycles. The van der Waals surface area contributed by atoms with Gasteiger partial charge < -0.3 is 15.4 Å². The Balaban J connectivity index is 1.37. The lowest BCUT2D eigenvalue weighted by molar-refractivity contribution is 0.100. The van der Waals surface area contributed by atoms with Gasteiger partial charge in [0, 0.05) is 28.9 Å². The molecule has 0 fully saturated rings. The number of nitrogens with zero attached hydrogens (tertiary/aromatic N) is 4. The molecule has 9 heteroatoms. The van der Waals surface area contributed by atoms with Crippen LogP contribution < -0.4 is 5.32 Å². The second-order valence-electron chi connectivity index (χ2n) is 10.1. The third-order valence-corrected chi connectivity index (χ3v) is 5.99. The number of rotatable bonds is 6. The Morgan fingerprint density at radius 3 is 2.70 bits per heavy atom. The van der Waals surface area contributed by atoms with Crippen molar-refractivity contribution in [3.05, 3.63) is 88.9 Å². The van der Waals surface area contributed by atoms with Crippen LogP contribution in [0.15, 0.2) is 65.8 Å². The van der Waals surface area contributed by atoms with Crippen LogP contribution in [0.1, 0.15) is 53.6 Å². The van der Waals surface area contributed by atoms with Crippen LogP contribution in [0.2, 0.25) is 0 Å². The molecule has 5 rings (SSSR count). The van der Waals surface area contributed by atoms with Crippen molar-refractivity contribution in [1.29, 1.82) is 0 Å². The summed E-state index contributed by atoms with van der Waals surface area (Å²) in [5, 5.41) is 25.5. The number of aromatic hydroxyl groups is 1. The fourth-order valence-electron chi connectivity index (χ4n) is 4.30. The van der Waals surface area contributed by atoms with Crippen LogP contribution in [0.25, 0.3) is 10.9 Å². The lowest BCUT2D eigenvalue weighted by Gasteiger charge is -2.22. The third-order valence-electron chi connectivity index (χ3n) is 5.99. The van der Waals surface area contributed by atoms with Crippen LogP contribution in [-0.2, 0) is 12.0 Å². The number of aromatic nitrogens is 5. The lowest BCUT2D eigenvalue weighted by Crippen LogP contribution is -2.29. The largest absolute Gasteiger partial charge is 0.494 e. The maximum absolute atomic E-state index is 13.1. The minimum atomic E-state index is -0.310. The maximum atomic E-state index is 13.1. The number of aryl methyl sites for hydroxylation is 1. The van der Waals surface area contributed by atoms with E-state index in [2.05, 4.69) is 30.6 Å². The summed E-state index contributed by atoms with van der Waals surface area (Å²) in [6, 6.07) is 17.4. The second kappa shape index (κ2) is 9.42. The summed E-state index contributed by atoms with van der Waals surface area (Å²) in [4.78, 5) is 20.4. The molecule has 3 aromatic heterocycles. The molecule has 2 aromatic carbocycles. The Labute approximate surface area is 214 Å². The number of carbonyl (C=O) groups is 1. The minimum Gasteiger partial charge on any atom is -0.494 e. The van der Waals surface area contributed by atoms with Crippen molar-refractivity contribution in [2.45, 2.75) is 39.7 Å². The minimum absolute atomic E-state index is 0.0601. The van der Waals surface area contributed by atoms with E-state index >= 15 is 0 Å². The standard InChI is InChI=1S/C28H29N7O2/c1-17-12-24(35(34-17)28(2,3)4)27(37)31-20-7-5-6-18(14-20)13-19-8-9-23-21(15-19)22(26(36)32-23)16-29-25-10-11-30-33-25/h5-12,14-16,32,36H,13H2,1-4H3,(H,30,33)(H,31,37). The Kier molecular flexibility index (Phi) is 6.12. The predicted molar refractivity (Wildman–Crippen MR) is 145 cm³/mol. The van der Waals surface area contributed by atoms with Gasteiger partial charge >= 0.3 is 0 Å². The average Bonchev–Trinajstić information content (AvgIpc) is 3.56. The molecular formula is C28H29N7O2. The van der Waals surface area contributed by atoms with Gasteiger partial charge in [-0.05, 0) is 75.6 Å². The first-order valence-corrected chi connectivity index (χ1v) is 12.0. The van der Waals surface area contributed by atoms with Crippen LogP contribution in [0, 0.1) is 6.92 Å². The summed E-state index contributed by atoms with van der Waals surface area (Å²) in [6.45, 7) is 7.95. The summed E-state index contributed by atoms with van der Waals surface area (Å²) >= 11 is 0. The zero-order valence-corrected chi connectivity index (χ0v) is 21.2. The van der Waals surface area contributed by atoms with E-state index in [1.165, 1.54) is 0 Å². The highest BCUT2D eigenvalue weighted by molar-refractivity contribution is 6.03. The lowest BCUT2D eigenvalue weighted by atomic mass is 10.0. The Hall–Kier alpha value is -4.66. The molecule has 0 saturated carbocycles. The van der Waals surface area contributed by atoms with Gasteiger partial charge in [0.05, 0.1) is 23.0 Å². The smallest absolute Gasteiger partial charge is 0.273 e. The van der Waals surface area contributed by atoms with E-state index in [9.17, 15) is 9.90 Å². The molecule has 0 unspecified atom stereocenters. The van der Waals surface area contributed by atoms with Crippen molar-refractivity contribution >= 4 is 34.5 Å². The fourth-order valence-corrected chi connectivity index (χ4v) is 4.30. The molecule has 0 aliphatic rings. The van der Waals surface area contributed by atoms with E-state index < -0.39 is 0 Å². The predicted octanol–water partition coefficient (Wildman–Crippen LogP) is 5.45. The van der Waals surface area contributed by atoms with Gasteiger partial charge in [0.1, 0.15) is 11.5 Å². The number of benzene rings is 2. The molecule has 0 radical (unpaired) electrons. The second-order valence-corrected chi connectivity index (χ2v) is 10.1. The van der Waals surface area contributed by atoms with Gasteiger partial charge in [0.25, 0.3) is 5.91 Å². The van der Waals surface area contributed by atoms with E-state index in [1.54, 1.807) is 29.2 Å². The first kappa shape index (κ1) is 24.1. The number of fused-ring (bicyclic) bond motifs is 1. The fraction of sp³-hybridized carbons (Fsp3) is 0.214. The van der Waals surface area contributed by atoms with Crippen molar-refractivity contribution in [2.24, 2.45) is 4.99 Å². The van der Waals surface area contributed by atoms with E-state index in [4.69, 9.17) is 0 Å². The van der Waals surface area contributed by atoms with Crippen molar-refractivity contribution in [3.63, 3.8) is 0 Å². The highest BCUT2D eigenvalue weighted by atomic mass is 16.3. The number of carbonyl (C=O) groups excluding carboxylic acids is 1. The molecule has 0 spiro atoms. The van der Waals surface area contributed by atoms with E-state index in [1.807, 2.05) is 70.2 Å². The normalized spacial score (nSPS) is 12.0. The summed E-state index contributed by atoms with van der Waals surface area (Å²) in [6.07, 6.45) is 3.89. The topological polar surface area (TPSA) is 124 Å². The number of hydrogen-bond acceptors (Lipinski definition) is 5. The van der Waals surface area contributed by atoms with Crippen LogP contribution in [-0.4, -0.2) is 42.2 Å². The van der Waals surface area contributed by atoms with Crippen LogP contribution >= 0.6 is 0 Å². The Morgan fingerprint density at radius 2 is 1.95 bits per heavy atom. The van der Waals surface area contributed by atoms with Crippen LogP contribution in [0.5, 0.6) is 5.88 Å². The highest BCUT2D eigenvalue weighted by Crippen LogP contribution is 2.28. The Bertz CT molecular complexity index is 1600. The van der Waals surface area contributed by atoms with E-state index in [0.29, 0.717) is 23.5 Å².